The van der Waals surface area contributed by atoms with Crippen LogP contribution >= 0.6 is 0 Å². The van der Waals surface area contributed by atoms with Gasteiger partial charge in [0.1, 0.15) is 6.54 Å². The fourth-order valence-electron chi connectivity index (χ4n) is 3.27. The van der Waals surface area contributed by atoms with Crippen LogP contribution in [0.15, 0.2) is 10.9 Å². The van der Waals surface area contributed by atoms with Crippen molar-refractivity contribution in [3.8, 4) is 0 Å². The third-order valence-corrected chi connectivity index (χ3v) is 4.75. The summed E-state index contributed by atoms with van der Waals surface area (Å²) in [4.78, 5) is 37.5. The largest absolute Gasteiger partial charge is 0.369 e. The number of likely N-dealkylation sites (tertiary alicyclic amines) is 1. The molecule has 2 atom stereocenters. The van der Waals surface area contributed by atoms with E-state index in [1.54, 1.807) is 6.92 Å². The number of nitrogens with two attached hydrogens (primary N) is 1. The minimum atomic E-state index is -0.375. The Morgan fingerprint density at radius 2 is 2.00 bits per heavy atom. The number of primary amides is 1. The Hall–Kier alpha value is -2.22. The summed E-state index contributed by atoms with van der Waals surface area (Å²) in [6.07, 6.45) is 0. The number of carbonyl (C=O) groups excluding carboxylic acids is 2. The number of hydrogen-bond donors (Lipinski definition) is 2. The molecular weight excluding hydrogens is 322 g/mol. The highest BCUT2D eigenvalue weighted by molar-refractivity contribution is 5.77. The van der Waals surface area contributed by atoms with Gasteiger partial charge in [0.05, 0.1) is 12.2 Å². The Morgan fingerprint density at radius 1 is 1.32 bits per heavy atom. The molecule has 1 fully saturated rings. The van der Waals surface area contributed by atoms with E-state index in [4.69, 9.17) is 5.73 Å². The minimum absolute atomic E-state index is 0.0749. The van der Waals surface area contributed by atoms with Crippen LogP contribution in [0.4, 0.5) is 0 Å². The van der Waals surface area contributed by atoms with Crippen LogP contribution in [0.2, 0.25) is 0 Å². The lowest BCUT2D eigenvalue weighted by Gasteiger charge is -2.23. The third kappa shape index (κ3) is 4.88. The molecule has 1 aromatic rings. The second kappa shape index (κ2) is 7.77. The predicted octanol–water partition coefficient (Wildman–Crippen LogP) is -0.582. The van der Waals surface area contributed by atoms with Crippen LogP contribution in [0.5, 0.6) is 0 Å². The molecule has 2 heterocycles. The smallest absolute Gasteiger partial charge is 0.267 e. The normalized spacial score (nSPS) is 20.8. The van der Waals surface area contributed by atoms with Gasteiger partial charge in [0, 0.05) is 25.2 Å². The van der Waals surface area contributed by atoms with Gasteiger partial charge in [-0.15, -0.1) is 0 Å². The monoisotopic (exact) mass is 349 g/mol. The van der Waals surface area contributed by atoms with Gasteiger partial charge in [-0.3, -0.25) is 19.3 Å². The van der Waals surface area contributed by atoms with Gasteiger partial charge in [-0.2, -0.15) is 5.10 Å². The maximum Gasteiger partial charge on any atom is 0.267 e. The number of rotatable bonds is 6. The molecule has 1 aliphatic heterocycles. The lowest BCUT2D eigenvalue weighted by atomic mass is 9.91. The van der Waals surface area contributed by atoms with Crippen molar-refractivity contribution in [2.45, 2.75) is 40.3 Å². The summed E-state index contributed by atoms with van der Waals surface area (Å²) in [5.74, 6) is -0.0480. The molecule has 0 spiro atoms. The van der Waals surface area contributed by atoms with Crippen LogP contribution in [0.25, 0.3) is 0 Å². The van der Waals surface area contributed by atoms with Crippen LogP contribution in [-0.2, 0) is 16.1 Å². The van der Waals surface area contributed by atoms with E-state index in [2.05, 4.69) is 24.3 Å². The Morgan fingerprint density at radius 3 is 2.60 bits per heavy atom. The number of carbonyl (C=O) groups is 2. The SMILES string of the molecule is Cc1cc(=O)n(CC(=O)N[C@@H]2CN(CC(N)=O)C[C@H]2C(C)C)nc1C. The molecule has 0 radical (unpaired) electrons. The van der Waals surface area contributed by atoms with Gasteiger partial charge < -0.3 is 11.1 Å². The van der Waals surface area contributed by atoms with Crippen molar-refractivity contribution in [2.24, 2.45) is 17.6 Å². The van der Waals surface area contributed by atoms with Gasteiger partial charge in [-0.25, -0.2) is 4.68 Å². The molecule has 2 rings (SSSR count). The van der Waals surface area contributed by atoms with Crippen LogP contribution in [0, 0.1) is 25.7 Å². The second-order valence-electron chi connectivity index (χ2n) is 7.15. The number of aromatic nitrogens is 2. The van der Waals surface area contributed by atoms with E-state index in [0.717, 1.165) is 11.3 Å². The summed E-state index contributed by atoms with van der Waals surface area (Å²) in [5.41, 5.74) is 6.51. The molecule has 0 bridgehead atoms. The Kier molecular flexibility index (Phi) is 5.94. The molecule has 0 unspecified atom stereocenters. The summed E-state index contributed by atoms with van der Waals surface area (Å²) in [7, 11) is 0. The zero-order valence-corrected chi connectivity index (χ0v) is 15.3. The van der Waals surface area contributed by atoms with Crippen molar-refractivity contribution < 1.29 is 9.59 Å². The highest BCUT2D eigenvalue weighted by Gasteiger charge is 2.35. The second-order valence-corrected chi connectivity index (χ2v) is 7.15. The van der Waals surface area contributed by atoms with Crippen LogP contribution in [-0.4, -0.2) is 52.2 Å². The number of nitrogens with one attached hydrogen (secondary N) is 1. The van der Waals surface area contributed by atoms with E-state index in [1.165, 1.54) is 10.7 Å². The molecule has 1 saturated heterocycles. The maximum atomic E-state index is 12.4. The van der Waals surface area contributed by atoms with Gasteiger partial charge in [0.15, 0.2) is 0 Å². The molecule has 0 saturated carbocycles. The molecule has 0 aromatic carbocycles. The van der Waals surface area contributed by atoms with E-state index in [9.17, 15) is 14.4 Å². The molecule has 25 heavy (non-hydrogen) atoms. The quantitative estimate of drug-likeness (QED) is 0.714. The van der Waals surface area contributed by atoms with Gasteiger partial charge in [0.25, 0.3) is 5.56 Å². The Bertz CT molecular complexity index is 713. The zero-order valence-electron chi connectivity index (χ0n) is 15.3. The number of nitrogens with zero attached hydrogens (tertiary/aromatic N) is 3. The van der Waals surface area contributed by atoms with Crippen molar-refractivity contribution in [3.05, 3.63) is 27.7 Å². The topological polar surface area (TPSA) is 110 Å². The first-order valence-electron chi connectivity index (χ1n) is 8.52. The van der Waals surface area contributed by atoms with Gasteiger partial charge in [0.2, 0.25) is 11.8 Å². The van der Waals surface area contributed by atoms with Gasteiger partial charge in [-0.1, -0.05) is 13.8 Å². The maximum absolute atomic E-state index is 12.4. The van der Waals surface area contributed by atoms with E-state index in [1.807, 2.05) is 11.8 Å². The summed E-state index contributed by atoms with van der Waals surface area (Å²) in [6.45, 7) is 9.16. The van der Waals surface area contributed by atoms with Crippen LogP contribution < -0.4 is 16.6 Å². The lowest BCUT2D eigenvalue weighted by Crippen LogP contribution is -2.45. The van der Waals surface area contributed by atoms with Crippen molar-refractivity contribution in [1.82, 2.24) is 20.0 Å². The lowest BCUT2D eigenvalue weighted by molar-refractivity contribution is -0.122. The molecule has 2 amide bonds. The number of amides is 2. The average Bonchev–Trinajstić information content (AvgIpc) is 2.86. The highest BCUT2D eigenvalue weighted by atomic mass is 16.2. The predicted molar refractivity (Wildman–Crippen MR) is 93.9 cm³/mol. The van der Waals surface area contributed by atoms with E-state index in [-0.39, 0.29) is 42.4 Å². The van der Waals surface area contributed by atoms with Crippen LogP contribution in [0.1, 0.15) is 25.1 Å². The van der Waals surface area contributed by atoms with Crippen molar-refractivity contribution >= 4 is 11.8 Å². The van der Waals surface area contributed by atoms with E-state index < -0.39 is 0 Å². The fourth-order valence-corrected chi connectivity index (χ4v) is 3.27. The standard InChI is InChI=1S/C17H27N5O3/c1-10(2)13-6-21(8-15(18)23)7-14(13)19-16(24)9-22-17(25)5-11(3)12(4)20-22/h5,10,13-14H,6-9H2,1-4H3,(H2,18,23)(H,19,24)/t13-,14+/m0/s1. The molecule has 3 N–H and O–H groups in total. The molecule has 0 aliphatic carbocycles. The van der Waals surface area contributed by atoms with Crippen molar-refractivity contribution in [2.75, 3.05) is 19.6 Å². The molecule has 1 aromatic heterocycles. The summed E-state index contributed by atoms with van der Waals surface area (Å²) >= 11 is 0. The van der Waals surface area contributed by atoms with Gasteiger partial charge in [-0.05, 0) is 31.2 Å². The van der Waals surface area contributed by atoms with Crippen molar-refractivity contribution in [1.29, 1.82) is 0 Å². The first kappa shape index (κ1) is 19.1. The molecule has 1 aliphatic rings. The summed E-state index contributed by atoms with van der Waals surface area (Å²) < 4.78 is 1.18. The summed E-state index contributed by atoms with van der Waals surface area (Å²) in [6, 6.07) is 1.41. The molecule has 138 valence electrons. The van der Waals surface area contributed by atoms with Crippen LogP contribution in [0.3, 0.4) is 0 Å². The van der Waals surface area contributed by atoms with E-state index in [0.29, 0.717) is 19.0 Å². The summed E-state index contributed by atoms with van der Waals surface area (Å²) in [5, 5.41) is 7.16. The first-order chi connectivity index (χ1) is 11.7. The Labute approximate surface area is 147 Å². The first-order valence-corrected chi connectivity index (χ1v) is 8.52. The molecular formula is C17H27N5O3. The molecule has 8 heteroatoms. The minimum Gasteiger partial charge on any atom is -0.369 e. The highest BCUT2D eigenvalue weighted by Crippen LogP contribution is 2.24. The fraction of sp³-hybridized carbons (Fsp3) is 0.647. The van der Waals surface area contributed by atoms with E-state index >= 15 is 0 Å². The average molecular weight is 349 g/mol. The molecule has 8 nitrogen and oxygen atoms in total. The van der Waals surface area contributed by atoms with Crippen molar-refractivity contribution in [3.63, 3.8) is 0 Å². The third-order valence-electron chi connectivity index (χ3n) is 4.75. The Balaban J connectivity index is 2.04. The number of hydrogen-bond acceptors (Lipinski definition) is 5. The zero-order chi connectivity index (χ0) is 18.7. The van der Waals surface area contributed by atoms with Gasteiger partial charge >= 0.3 is 0 Å². The number of aryl methyl sites for hydroxylation is 2.